The summed E-state index contributed by atoms with van der Waals surface area (Å²) in [6.07, 6.45) is -2.30. The molecule has 0 spiro atoms. The average molecular weight is 865 g/mol. The molecule has 20 nitrogen and oxygen atoms in total. The number of nitrogens with one attached hydrogen (secondary N) is 7. The summed E-state index contributed by atoms with van der Waals surface area (Å²) < 4.78 is 0. The zero-order valence-electron chi connectivity index (χ0n) is 34.6. The maximum absolute atomic E-state index is 14.1. The van der Waals surface area contributed by atoms with Crippen molar-refractivity contribution < 1.29 is 58.2 Å². The van der Waals surface area contributed by atoms with E-state index in [4.69, 9.17) is 5.73 Å². The first-order valence-corrected chi connectivity index (χ1v) is 20.3. The lowest BCUT2D eigenvalue weighted by atomic mass is 10.0. The zero-order valence-corrected chi connectivity index (χ0v) is 34.6. The third-order valence-electron chi connectivity index (χ3n) is 9.81. The van der Waals surface area contributed by atoms with Crippen LogP contribution in [0.5, 0.6) is 0 Å². The first kappa shape index (κ1) is 49.5. The number of carboxylic acids is 2. The molecular formula is C42H56N8O12. The Morgan fingerprint density at radius 3 is 1.56 bits per heavy atom. The molecule has 3 rings (SSSR count). The second-order valence-electron chi connectivity index (χ2n) is 15.4. The van der Waals surface area contributed by atoms with Crippen molar-refractivity contribution in [3.05, 3.63) is 71.8 Å². The fourth-order valence-corrected chi connectivity index (χ4v) is 6.53. The van der Waals surface area contributed by atoms with Crippen LogP contribution in [0.2, 0.25) is 0 Å². The van der Waals surface area contributed by atoms with Crippen LogP contribution < -0.4 is 43.0 Å². The van der Waals surface area contributed by atoms with Crippen molar-refractivity contribution in [1.82, 2.24) is 37.2 Å². The minimum atomic E-state index is -1.84. The van der Waals surface area contributed by atoms with Crippen LogP contribution in [-0.2, 0) is 60.8 Å². The Hall–Kier alpha value is -6.86. The first-order valence-electron chi connectivity index (χ1n) is 20.3. The van der Waals surface area contributed by atoms with Gasteiger partial charge < -0.3 is 53.2 Å². The molecule has 0 bridgehead atoms. The van der Waals surface area contributed by atoms with E-state index in [0.717, 1.165) is 11.1 Å². The number of carboxylic acid groups (broad SMARTS) is 2. The fraction of sp³-hybridized carbons (Fsp3) is 0.476. The fourth-order valence-electron chi connectivity index (χ4n) is 6.53. The lowest BCUT2D eigenvalue weighted by Crippen LogP contribution is -2.59. The van der Waals surface area contributed by atoms with Crippen molar-refractivity contribution in [3.63, 3.8) is 0 Å². The number of benzene rings is 2. The van der Waals surface area contributed by atoms with E-state index >= 15 is 0 Å². The van der Waals surface area contributed by atoms with Crippen LogP contribution in [-0.4, -0.2) is 112 Å². The van der Waals surface area contributed by atoms with E-state index in [1.54, 1.807) is 62.4 Å². The van der Waals surface area contributed by atoms with Crippen molar-refractivity contribution in [2.45, 2.75) is 114 Å². The number of hydrogen-bond donors (Lipinski definition) is 10. The second kappa shape index (κ2) is 25.0. The first-order chi connectivity index (χ1) is 29.4. The predicted octanol–water partition coefficient (Wildman–Crippen LogP) is -1.06. The van der Waals surface area contributed by atoms with Gasteiger partial charge in [0, 0.05) is 12.8 Å². The highest BCUT2D eigenvalue weighted by atomic mass is 16.4. The third-order valence-corrected chi connectivity index (χ3v) is 9.81. The van der Waals surface area contributed by atoms with Crippen molar-refractivity contribution in [2.75, 3.05) is 6.54 Å². The normalized spacial score (nSPS) is 22.7. The van der Waals surface area contributed by atoms with Gasteiger partial charge in [-0.05, 0) is 62.0 Å². The number of carbonyl (C=O) groups excluding carboxylic acids is 8. The van der Waals surface area contributed by atoms with E-state index in [1.165, 1.54) is 0 Å². The Morgan fingerprint density at radius 1 is 0.597 bits per heavy atom. The van der Waals surface area contributed by atoms with Gasteiger partial charge in [-0.3, -0.25) is 47.9 Å². The summed E-state index contributed by atoms with van der Waals surface area (Å²) in [5.41, 5.74) is 7.19. The SMILES string of the molecule is CC(C)C[C@@H]1NC(=O)CNC(=O)[C@H](CCC(=O)O)NC(=O)[C@H](CC(=O)O)NC(=O)[C@H](CCc2ccccc2)NC(=O)[C@H](CCc2ccccc2)NC(=O)CC[C@@H](C(N)=O)NC1=O. The van der Waals surface area contributed by atoms with Gasteiger partial charge >= 0.3 is 11.9 Å². The molecule has 20 heteroatoms. The van der Waals surface area contributed by atoms with Crippen molar-refractivity contribution in [3.8, 4) is 0 Å². The maximum Gasteiger partial charge on any atom is 0.305 e. The number of primary amides is 1. The Labute approximate surface area is 358 Å². The zero-order chi connectivity index (χ0) is 45.8. The summed E-state index contributed by atoms with van der Waals surface area (Å²) >= 11 is 0. The summed E-state index contributed by atoms with van der Waals surface area (Å²) in [7, 11) is 0. The average Bonchev–Trinajstić information content (AvgIpc) is 3.22. The van der Waals surface area contributed by atoms with Crippen LogP contribution in [0, 0.1) is 5.92 Å². The van der Waals surface area contributed by atoms with E-state index in [0.29, 0.717) is 6.42 Å². The Balaban J connectivity index is 2.06. The highest BCUT2D eigenvalue weighted by Crippen LogP contribution is 2.12. The molecule has 0 aliphatic carbocycles. The standard InChI is InChI=1S/C42H56N8O12/c1-24(2)21-31-41(61)47-27(37(43)57)17-19-33(51)45-29(15-13-25-9-5-3-6-10-25)39(59)49-30(16-14-26-11-7-4-8-12-26)40(60)50-32(22-36(55)56)42(62)48-28(18-20-35(53)54)38(58)44-23-34(52)46-31/h3-12,24,27-32H,13-23H2,1-2H3,(H2,43,57)(H,44,58)(H,45,51)(H,46,52)(H,47,61)(H,48,62)(H,49,59)(H,50,60)(H,53,54)(H,55,56)/t27-,28-,29-,30-,31-,32-/m0/s1. The highest BCUT2D eigenvalue weighted by molar-refractivity contribution is 5.98. The molecule has 1 aliphatic heterocycles. The lowest BCUT2D eigenvalue weighted by molar-refractivity contribution is -0.141. The highest BCUT2D eigenvalue weighted by Gasteiger charge is 2.34. The van der Waals surface area contributed by atoms with Gasteiger partial charge in [-0.15, -0.1) is 0 Å². The molecule has 2 aromatic carbocycles. The van der Waals surface area contributed by atoms with Crippen molar-refractivity contribution in [1.29, 1.82) is 0 Å². The third kappa shape index (κ3) is 17.8. The van der Waals surface area contributed by atoms with Crippen molar-refractivity contribution in [2.24, 2.45) is 11.7 Å². The molecule has 8 amide bonds. The predicted molar refractivity (Wildman–Crippen MR) is 221 cm³/mol. The Morgan fingerprint density at radius 2 is 1.06 bits per heavy atom. The number of carbonyl (C=O) groups is 10. The van der Waals surface area contributed by atoms with E-state index in [9.17, 15) is 58.2 Å². The number of amides is 8. The number of nitrogens with two attached hydrogens (primary N) is 1. The molecule has 11 N–H and O–H groups in total. The van der Waals surface area contributed by atoms with Crippen LogP contribution in [0.4, 0.5) is 0 Å². The molecule has 1 fully saturated rings. The van der Waals surface area contributed by atoms with Crippen molar-refractivity contribution >= 4 is 59.2 Å². The number of hydrogen-bond acceptors (Lipinski definition) is 10. The summed E-state index contributed by atoms with van der Waals surface area (Å²) in [6, 6.07) is 9.05. The number of aliphatic carboxylic acids is 2. The molecule has 0 saturated carbocycles. The molecular weight excluding hydrogens is 809 g/mol. The van der Waals surface area contributed by atoms with Gasteiger partial charge in [-0.1, -0.05) is 74.5 Å². The van der Waals surface area contributed by atoms with Crippen LogP contribution in [0.3, 0.4) is 0 Å². The molecule has 0 unspecified atom stereocenters. The van der Waals surface area contributed by atoms with Gasteiger partial charge in [0.05, 0.1) is 13.0 Å². The van der Waals surface area contributed by atoms with E-state index in [2.05, 4.69) is 37.2 Å². The van der Waals surface area contributed by atoms with Crippen LogP contribution >= 0.6 is 0 Å². The molecule has 336 valence electrons. The number of aryl methyl sites for hydroxylation is 2. The second-order valence-corrected chi connectivity index (χ2v) is 15.4. The lowest BCUT2D eigenvalue weighted by Gasteiger charge is -2.26. The molecule has 0 aromatic heterocycles. The van der Waals surface area contributed by atoms with E-state index < -0.39 is 128 Å². The van der Waals surface area contributed by atoms with Gasteiger partial charge in [0.1, 0.15) is 36.3 Å². The largest absolute Gasteiger partial charge is 0.481 e. The molecule has 6 atom stereocenters. The Bertz CT molecular complexity index is 1910. The van der Waals surface area contributed by atoms with Crippen LogP contribution in [0.1, 0.15) is 76.3 Å². The molecule has 62 heavy (non-hydrogen) atoms. The summed E-state index contributed by atoms with van der Waals surface area (Å²) in [6.45, 7) is 2.75. The minimum Gasteiger partial charge on any atom is -0.481 e. The maximum atomic E-state index is 14.1. The van der Waals surface area contributed by atoms with E-state index in [-0.39, 0.29) is 38.0 Å². The van der Waals surface area contributed by atoms with Gasteiger partial charge in [0.15, 0.2) is 0 Å². The quantitative estimate of drug-likeness (QED) is 0.109. The summed E-state index contributed by atoms with van der Waals surface area (Å²) in [5, 5.41) is 36.2. The molecule has 0 radical (unpaired) electrons. The molecule has 2 aromatic rings. The molecule has 1 heterocycles. The Kier molecular flexibility index (Phi) is 20.0. The topological polar surface area (TPSA) is 321 Å². The summed E-state index contributed by atoms with van der Waals surface area (Å²) in [5.74, 6) is -10.5. The van der Waals surface area contributed by atoms with Gasteiger partial charge in [-0.25, -0.2) is 0 Å². The van der Waals surface area contributed by atoms with Gasteiger partial charge in [0.25, 0.3) is 0 Å². The molecule has 1 aliphatic rings. The van der Waals surface area contributed by atoms with Gasteiger partial charge in [-0.2, -0.15) is 0 Å². The van der Waals surface area contributed by atoms with Crippen LogP contribution in [0.15, 0.2) is 60.7 Å². The van der Waals surface area contributed by atoms with E-state index in [1.807, 2.05) is 12.1 Å². The minimum absolute atomic E-state index is 0.0328. The smallest absolute Gasteiger partial charge is 0.305 e. The molecule has 1 saturated heterocycles. The summed E-state index contributed by atoms with van der Waals surface area (Å²) in [4.78, 5) is 131. The number of rotatable bonds is 14. The van der Waals surface area contributed by atoms with Crippen LogP contribution in [0.25, 0.3) is 0 Å². The monoisotopic (exact) mass is 864 g/mol. The van der Waals surface area contributed by atoms with Gasteiger partial charge in [0.2, 0.25) is 47.3 Å².